The fraction of sp³-hybridized carbons (Fsp3) is 0.273. The molecule has 0 amide bonds. The molecule has 6 nitrogen and oxygen atoms in total. The highest BCUT2D eigenvalue weighted by molar-refractivity contribution is 6.04. The second kappa shape index (κ2) is 11.6. The Morgan fingerprint density at radius 3 is 2.31 bits per heavy atom. The standard InChI is InChI=1S/C33H33NO5/c1-21-29(33(36)39-18-17-22-11-6-4-7-12-22)30(25-15-10-16-28(37-2)32(25)38-3)31-26(34-21)19-24(20-27(31)35)23-13-8-5-9-14-23/h4-16,24,30,34H,17-20H2,1-3H3/t24-,30-/m1/s1. The first-order valence-corrected chi connectivity index (χ1v) is 13.2. The van der Waals surface area contributed by atoms with Gasteiger partial charge in [0.25, 0.3) is 0 Å². The molecule has 3 aromatic carbocycles. The van der Waals surface area contributed by atoms with Crippen LogP contribution < -0.4 is 14.8 Å². The molecule has 0 fully saturated rings. The van der Waals surface area contributed by atoms with Crippen molar-refractivity contribution in [3.63, 3.8) is 0 Å². The van der Waals surface area contributed by atoms with E-state index in [1.807, 2.05) is 67.6 Å². The monoisotopic (exact) mass is 523 g/mol. The molecule has 39 heavy (non-hydrogen) atoms. The van der Waals surface area contributed by atoms with Crippen molar-refractivity contribution in [3.8, 4) is 11.5 Å². The van der Waals surface area contributed by atoms with Crippen LogP contribution in [0.4, 0.5) is 0 Å². The summed E-state index contributed by atoms with van der Waals surface area (Å²) >= 11 is 0. The summed E-state index contributed by atoms with van der Waals surface area (Å²) in [7, 11) is 3.14. The minimum Gasteiger partial charge on any atom is -0.493 e. The van der Waals surface area contributed by atoms with E-state index in [1.54, 1.807) is 20.3 Å². The van der Waals surface area contributed by atoms with Crippen molar-refractivity contribution in [1.29, 1.82) is 0 Å². The van der Waals surface area contributed by atoms with E-state index in [1.165, 1.54) is 0 Å². The van der Waals surface area contributed by atoms with E-state index in [9.17, 15) is 9.59 Å². The number of allylic oxidation sites excluding steroid dienone is 3. The first-order valence-electron chi connectivity index (χ1n) is 13.2. The van der Waals surface area contributed by atoms with Gasteiger partial charge in [0.15, 0.2) is 17.3 Å². The molecule has 3 aromatic rings. The predicted molar refractivity (Wildman–Crippen MR) is 150 cm³/mol. The van der Waals surface area contributed by atoms with E-state index in [0.717, 1.165) is 16.8 Å². The molecular formula is C33H33NO5. The molecule has 1 aliphatic heterocycles. The summed E-state index contributed by atoms with van der Waals surface area (Å²) in [5.74, 6) is 0.0179. The molecule has 5 rings (SSSR count). The second-order valence-electron chi connectivity index (χ2n) is 9.88. The van der Waals surface area contributed by atoms with Crippen LogP contribution in [0.25, 0.3) is 0 Å². The highest BCUT2D eigenvalue weighted by Gasteiger charge is 2.42. The largest absolute Gasteiger partial charge is 0.493 e. The van der Waals surface area contributed by atoms with Crippen LogP contribution >= 0.6 is 0 Å². The van der Waals surface area contributed by atoms with E-state index < -0.39 is 11.9 Å². The minimum absolute atomic E-state index is 0.00885. The normalized spacial score (nSPS) is 18.8. The molecule has 2 atom stereocenters. The molecule has 0 aromatic heterocycles. The number of hydrogen-bond donors (Lipinski definition) is 1. The number of esters is 1. The third-order valence-corrected chi connectivity index (χ3v) is 7.53. The van der Waals surface area contributed by atoms with Gasteiger partial charge >= 0.3 is 5.97 Å². The molecule has 0 spiro atoms. The zero-order valence-corrected chi connectivity index (χ0v) is 22.5. The molecule has 0 radical (unpaired) electrons. The molecular weight excluding hydrogens is 490 g/mol. The van der Waals surface area contributed by atoms with Gasteiger partial charge in [0, 0.05) is 35.4 Å². The SMILES string of the molecule is COc1cccc([C@@H]2C(C(=O)OCCc3ccccc3)=C(C)NC3=C2C(=O)C[C@H](c2ccccc2)C3)c1OC. The Morgan fingerprint density at radius 2 is 1.62 bits per heavy atom. The fourth-order valence-corrected chi connectivity index (χ4v) is 5.70. The predicted octanol–water partition coefficient (Wildman–Crippen LogP) is 5.85. The average molecular weight is 524 g/mol. The van der Waals surface area contributed by atoms with Crippen molar-refractivity contribution in [1.82, 2.24) is 5.32 Å². The van der Waals surface area contributed by atoms with Gasteiger partial charge in [-0.25, -0.2) is 4.79 Å². The van der Waals surface area contributed by atoms with E-state index in [-0.39, 0.29) is 18.3 Å². The molecule has 1 N–H and O–H groups in total. The Labute approximate surface area is 229 Å². The molecule has 0 bridgehead atoms. The van der Waals surface area contributed by atoms with Gasteiger partial charge in [-0.1, -0.05) is 72.8 Å². The molecule has 6 heteroatoms. The Bertz CT molecular complexity index is 1420. The lowest BCUT2D eigenvalue weighted by atomic mass is 9.71. The summed E-state index contributed by atoms with van der Waals surface area (Å²) in [5, 5.41) is 3.42. The Morgan fingerprint density at radius 1 is 0.897 bits per heavy atom. The van der Waals surface area contributed by atoms with Gasteiger partial charge in [-0.05, 0) is 36.5 Å². The zero-order chi connectivity index (χ0) is 27.4. The highest BCUT2D eigenvalue weighted by Crippen LogP contribution is 2.49. The number of hydrogen-bond acceptors (Lipinski definition) is 6. The molecule has 2 aliphatic rings. The van der Waals surface area contributed by atoms with Gasteiger partial charge in [0.1, 0.15) is 0 Å². The maximum absolute atomic E-state index is 13.9. The first-order chi connectivity index (χ1) is 19.0. The Kier molecular flexibility index (Phi) is 7.82. The van der Waals surface area contributed by atoms with Crippen LogP contribution in [0.2, 0.25) is 0 Å². The van der Waals surface area contributed by atoms with Crippen LogP contribution in [0, 0.1) is 0 Å². The van der Waals surface area contributed by atoms with Crippen molar-refractivity contribution in [2.75, 3.05) is 20.8 Å². The topological polar surface area (TPSA) is 73.9 Å². The van der Waals surface area contributed by atoms with Gasteiger partial charge in [-0.15, -0.1) is 0 Å². The van der Waals surface area contributed by atoms with Crippen LogP contribution in [-0.2, 0) is 20.7 Å². The Hall–Kier alpha value is -4.32. The maximum atomic E-state index is 13.9. The molecule has 0 saturated heterocycles. The van der Waals surface area contributed by atoms with Gasteiger partial charge in [0.05, 0.1) is 32.3 Å². The summed E-state index contributed by atoms with van der Waals surface area (Å²) in [5.41, 5.74) is 5.44. The van der Waals surface area contributed by atoms with Crippen molar-refractivity contribution < 1.29 is 23.8 Å². The minimum atomic E-state index is -0.639. The van der Waals surface area contributed by atoms with Crippen molar-refractivity contribution in [2.45, 2.75) is 38.0 Å². The molecule has 0 saturated carbocycles. The Balaban J connectivity index is 1.53. The molecule has 1 aliphatic carbocycles. The quantitative estimate of drug-likeness (QED) is 0.374. The van der Waals surface area contributed by atoms with E-state index in [0.29, 0.717) is 53.2 Å². The highest BCUT2D eigenvalue weighted by atomic mass is 16.5. The summed E-state index contributed by atoms with van der Waals surface area (Å²) in [4.78, 5) is 27.6. The number of methoxy groups -OCH3 is 2. The van der Waals surface area contributed by atoms with Crippen molar-refractivity contribution in [3.05, 3.63) is 118 Å². The number of dihydropyridines is 1. The van der Waals surface area contributed by atoms with Crippen molar-refractivity contribution >= 4 is 11.8 Å². The lowest BCUT2D eigenvalue weighted by molar-refractivity contribution is -0.139. The molecule has 200 valence electrons. The summed E-state index contributed by atoms with van der Waals surface area (Å²) in [6, 6.07) is 25.5. The number of benzene rings is 3. The maximum Gasteiger partial charge on any atom is 0.336 e. The van der Waals surface area contributed by atoms with Crippen LogP contribution in [-0.4, -0.2) is 32.6 Å². The van der Waals surface area contributed by atoms with Crippen LogP contribution in [0.15, 0.2) is 101 Å². The number of para-hydroxylation sites is 1. The average Bonchev–Trinajstić information content (AvgIpc) is 2.96. The van der Waals surface area contributed by atoms with Crippen LogP contribution in [0.1, 0.15) is 48.3 Å². The molecule has 0 unspecified atom stereocenters. The van der Waals surface area contributed by atoms with E-state index in [4.69, 9.17) is 14.2 Å². The lowest BCUT2D eigenvalue weighted by Crippen LogP contribution is -2.36. The number of carbonyl (C=O) groups is 2. The van der Waals surface area contributed by atoms with Gasteiger partial charge in [0.2, 0.25) is 0 Å². The van der Waals surface area contributed by atoms with Gasteiger partial charge in [-0.2, -0.15) is 0 Å². The van der Waals surface area contributed by atoms with Crippen molar-refractivity contribution in [2.24, 2.45) is 0 Å². The number of ketones is 1. The smallest absolute Gasteiger partial charge is 0.336 e. The number of Topliss-reactive ketones (excluding diaryl/α,β-unsaturated/α-hetero) is 1. The van der Waals surface area contributed by atoms with Gasteiger partial charge in [-0.3, -0.25) is 4.79 Å². The summed E-state index contributed by atoms with van der Waals surface area (Å²) < 4.78 is 17.1. The van der Waals surface area contributed by atoms with E-state index in [2.05, 4.69) is 17.4 Å². The zero-order valence-electron chi connectivity index (χ0n) is 22.5. The van der Waals surface area contributed by atoms with Crippen LogP contribution in [0.5, 0.6) is 11.5 Å². The number of nitrogens with one attached hydrogen (secondary N) is 1. The number of ether oxygens (including phenoxy) is 3. The fourth-order valence-electron chi connectivity index (χ4n) is 5.70. The summed E-state index contributed by atoms with van der Waals surface area (Å²) in [6.45, 7) is 2.10. The van der Waals surface area contributed by atoms with Crippen LogP contribution in [0.3, 0.4) is 0 Å². The first kappa shape index (κ1) is 26.3. The number of rotatable bonds is 8. The second-order valence-corrected chi connectivity index (χ2v) is 9.88. The number of carbonyl (C=O) groups excluding carboxylic acids is 2. The van der Waals surface area contributed by atoms with Gasteiger partial charge < -0.3 is 19.5 Å². The summed E-state index contributed by atoms with van der Waals surface area (Å²) in [6.07, 6.45) is 1.63. The van der Waals surface area contributed by atoms with E-state index >= 15 is 0 Å². The third kappa shape index (κ3) is 5.32. The third-order valence-electron chi connectivity index (χ3n) is 7.53. The molecule has 1 heterocycles. The lowest BCUT2D eigenvalue weighted by Gasteiger charge is -2.37.